The Morgan fingerprint density at radius 1 is 0.764 bits per heavy atom. The Morgan fingerprint density at radius 2 is 1.24 bits per heavy atom. The van der Waals surface area contributed by atoms with Crippen LogP contribution in [0.4, 0.5) is 0 Å². The molecule has 0 spiro atoms. The number of halogens is 3. The number of Topliss-reactive ketones (excluding diaryl/α,β-unsaturated/α-hetero) is 2. The van der Waals surface area contributed by atoms with Gasteiger partial charge in [-0.2, -0.15) is 0 Å². The zero-order valence-corrected chi connectivity index (χ0v) is 41.5. The van der Waals surface area contributed by atoms with Gasteiger partial charge in [-0.15, -0.1) is 0 Å². The minimum absolute atomic E-state index is 0. The van der Waals surface area contributed by atoms with Gasteiger partial charge in [0.2, 0.25) is 0 Å². The standard InChI is InChI=1S/C21H24ClNO.C13H19N.C8H6BrClO.CH2O3.2K.H/c22-20-12-10-19(11-13-20)21(24)16-23-14-4-7-18(15-23)9-8-17-5-2-1-3-6-17;1-2-5-12(6-3-1)8-9-13-7-4-10-14-11-13;9-5-8(11)6-1-3-7(10)4-2-6;2-1-4-3;;;/h1-3,5-6,10-13,18H,4,7-9,14-16H2;1-3,5-6,13-14H,4,7-11H2;1-4H,5H2;1,3H;;;/q;;;;2*+1;-1/p-1/t18-;13-;;;;;/m11...../s1. The van der Waals surface area contributed by atoms with E-state index in [1.165, 1.54) is 69.2 Å². The number of alkyl halides is 1. The summed E-state index contributed by atoms with van der Waals surface area (Å²) >= 11 is 14.6. The molecule has 7 nitrogen and oxygen atoms in total. The molecule has 2 atom stereocenters. The molecule has 2 saturated heterocycles. The molecule has 286 valence electrons. The van der Waals surface area contributed by atoms with Crippen molar-refractivity contribution in [3.63, 3.8) is 0 Å². The molecule has 2 aliphatic heterocycles. The zero-order chi connectivity index (χ0) is 38.1. The first-order valence-electron chi connectivity index (χ1n) is 18.2. The third-order valence-corrected chi connectivity index (χ3v) is 10.2. The maximum absolute atomic E-state index is 12.4. The Labute approximate surface area is 432 Å². The van der Waals surface area contributed by atoms with E-state index >= 15 is 0 Å². The Kier molecular flexibility index (Phi) is 31.5. The Bertz CT molecular complexity index is 1610. The fourth-order valence-electron chi connectivity index (χ4n) is 6.37. The maximum atomic E-state index is 12.4. The molecule has 0 aliphatic carbocycles. The van der Waals surface area contributed by atoms with Gasteiger partial charge >= 0.3 is 103 Å². The summed E-state index contributed by atoms with van der Waals surface area (Å²) in [4.78, 5) is 37.0. The molecule has 0 unspecified atom stereocenters. The van der Waals surface area contributed by atoms with Crippen molar-refractivity contribution in [1.29, 1.82) is 0 Å². The smallest absolute Gasteiger partial charge is 1.00 e. The van der Waals surface area contributed by atoms with Crippen LogP contribution in [0.5, 0.6) is 0 Å². The average Bonchev–Trinajstić information content (AvgIpc) is 3.21. The van der Waals surface area contributed by atoms with Crippen LogP contribution in [0.25, 0.3) is 0 Å². The Balaban J connectivity index is 0.000000809. The summed E-state index contributed by atoms with van der Waals surface area (Å²) in [6.07, 6.45) is 10.2. The minimum atomic E-state index is -0.181. The predicted molar refractivity (Wildman–Crippen MR) is 218 cm³/mol. The second-order valence-electron chi connectivity index (χ2n) is 13.2. The number of hydrogen-bond acceptors (Lipinski definition) is 7. The van der Waals surface area contributed by atoms with E-state index in [1.807, 2.05) is 12.1 Å². The second-order valence-corrected chi connectivity index (χ2v) is 14.6. The topological polar surface area (TPSA) is 98.8 Å². The van der Waals surface area contributed by atoms with Crippen LogP contribution in [-0.4, -0.2) is 61.0 Å². The maximum Gasteiger partial charge on any atom is 1.00 e. The number of carbonyl (C=O) groups is 3. The van der Waals surface area contributed by atoms with Crippen LogP contribution in [0.3, 0.4) is 0 Å². The molecule has 2 heterocycles. The van der Waals surface area contributed by atoms with E-state index in [9.17, 15) is 9.59 Å². The molecule has 0 bridgehead atoms. The number of likely N-dealkylation sites (tertiary alicyclic amines) is 1. The molecule has 0 saturated carbocycles. The van der Waals surface area contributed by atoms with Gasteiger partial charge in [0.05, 0.1) is 11.9 Å². The largest absolute Gasteiger partial charge is 1.00 e. The van der Waals surface area contributed by atoms with Crippen molar-refractivity contribution < 1.29 is 129 Å². The molecule has 4 aromatic carbocycles. The van der Waals surface area contributed by atoms with Gasteiger partial charge in [-0.25, -0.2) is 0 Å². The van der Waals surface area contributed by atoms with E-state index in [4.69, 9.17) is 33.3 Å². The molecule has 4 aromatic rings. The average molecular weight is 905 g/mol. The van der Waals surface area contributed by atoms with Crippen LogP contribution in [0.1, 0.15) is 71.8 Å². The summed E-state index contributed by atoms with van der Waals surface area (Å²) < 4.78 is 0. The predicted octanol–water partition coefficient (Wildman–Crippen LogP) is 2.96. The quantitative estimate of drug-likeness (QED) is 0.0584. The molecule has 0 amide bonds. The van der Waals surface area contributed by atoms with E-state index in [1.54, 1.807) is 36.4 Å². The van der Waals surface area contributed by atoms with Gasteiger partial charge in [0.15, 0.2) is 11.6 Å². The zero-order valence-electron chi connectivity index (χ0n) is 33.1. The monoisotopic (exact) mass is 902 g/mol. The van der Waals surface area contributed by atoms with Gasteiger partial charge < -0.3 is 16.9 Å². The first kappa shape index (κ1) is 52.9. The first-order valence-corrected chi connectivity index (χ1v) is 20.1. The molecule has 2 aliphatic rings. The molecule has 12 heteroatoms. The van der Waals surface area contributed by atoms with Crippen molar-refractivity contribution in [3.8, 4) is 0 Å². The van der Waals surface area contributed by atoms with Crippen LogP contribution in [0.15, 0.2) is 109 Å². The molecule has 0 aromatic heterocycles. The van der Waals surface area contributed by atoms with Crippen molar-refractivity contribution in [1.82, 2.24) is 10.2 Å². The summed E-state index contributed by atoms with van der Waals surface area (Å²) in [5.41, 5.74) is 4.34. The van der Waals surface area contributed by atoms with Gasteiger partial charge in [-0.3, -0.25) is 19.3 Å². The number of piperidine rings is 2. The van der Waals surface area contributed by atoms with Crippen LogP contribution in [0.2, 0.25) is 10.0 Å². The number of nitrogens with zero attached hydrogens (tertiary/aromatic N) is 1. The second kappa shape index (κ2) is 32.7. The van der Waals surface area contributed by atoms with Crippen LogP contribution < -0.4 is 113 Å². The van der Waals surface area contributed by atoms with Gasteiger partial charge in [-0.1, -0.05) is 99.8 Å². The van der Waals surface area contributed by atoms with Crippen molar-refractivity contribution in [3.05, 3.63) is 141 Å². The molecule has 1 N–H and O–H groups in total. The third kappa shape index (κ3) is 23.3. The molecular formula is C43H51BrCl2K2N2O5. The van der Waals surface area contributed by atoms with Crippen molar-refractivity contribution in [2.24, 2.45) is 11.8 Å². The molecule has 0 radical (unpaired) electrons. The molecule has 2 fully saturated rings. The fraction of sp³-hybridized carbons (Fsp3) is 0.372. The van der Waals surface area contributed by atoms with E-state index in [0.29, 0.717) is 33.4 Å². The fourth-order valence-corrected chi connectivity index (χ4v) is 6.95. The number of hydrogen-bond donors (Lipinski definition) is 1. The summed E-state index contributed by atoms with van der Waals surface area (Å²) in [6, 6.07) is 35.5. The Morgan fingerprint density at radius 3 is 1.69 bits per heavy atom. The van der Waals surface area contributed by atoms with E-state index in [2.05, 4.69) is 91.7 Å². The third-order valence-electron chi connectivity index (χ3n) is 9.23. The normalized spacial score (nSPS) is 16.0. The minimum Gasteiger partial charge on any atom is -1.00 e. The van der Waals surface area contributed by atoms with Gasteiger partial charge in [0.25, 0.3) is 6.47 Å². The number of benzene rings is 4. The number of aryl methyl sites for hydroxylation is 2. The summed E-state index contributed by atoms with van der Waals surface area (Å²) in [5.74, 6) is 1.86. The van der Waals surface area contributed by atoms with Crippen LogP contribution >= 0.6 is 39.1 Å². The van der Waals surface area contributed by atoms with E-state index in [-0.39, 0.29) is 122 Å². The number of rotatable bonds is 12. The van der Waals surface area contributed by atoms with Crippen LogP contribution in [-0.2, 0) is 22.5 Å². The number of carbonyl (C=O) groups excluding carboxylic acids is 3. The summed E-state index contributed by atoms with van der Waals surface area (Å²) in [7, 11) is 0. The molecular weight excluding hydrogens is 853 g/mol. The molecule has 55 heavy (non-hydrogen) atoms. The van der Waals surface area contributed by atoms with Crippen molar-refractivity contribution >= 4 is 57.2 Å². The van der Waals surface area contributed by atoms with Gasteiger partial charge in [0.1, 0.15) is 0 Å². The Hall–Kier alpha value is -0.0973. The van der Waals surface area contributed by atoms with Crippen molar-refractivity contribution in [2.75, 3.05) is 38.1 Å². The van der Waals surface area contributed by atoms with Crippen LogP contribution in [0, 0.1) is 11.8 Å². The first-order chi connectivity index (χ1) is 25.8. The summed E-state index contributed by atoms with van der Waals surface area (Å²) in [5, 5.41) is 13.6. The number of nitrogens with one attached hydrogen (secondary N) is 1. The summed E-state index contributed by atoms with van der Waals surface area (Å²) in [6.45, 7) is 4.85. The SMILES string of the molecule is O=C(CBr)c1ccc(Cl)cc1.O=C(CN1CCC[C@H](CCc2ccccc2)C1)c1ccc(Cl)cc1.O=CO[O-].[H-].[K+].[K+].c1ccc(CC[C@H]2CCCNC2)cc1. The number of ketones is 2. The van der Waals surface area contributed by atoms with Crippen molar-refractivity contribution in [2.45, 2.75) is 51.4 Å². The molecule has 6 rings (SSSR count). The van der Waals surface area contributed by atoms with E-state index in [0.717, 1.165) is 31.0 Å². The van der Waals surface area contributed by atoms with E-state index < -0.39 is 0 Å². The van der Waals surface area contributed by atoms with Gasteiger partial charge in [0, 0.05) is 27.7 Å². The van der Waals surface area contributed by atoms with Gasteiger partial charge in [-0.05, 0) is 142 Å².